The van der Waals surface area contributed by atoms with Crippen LogP contribution in [0.4, 0.5) is 0 Å². The van der Waals surface area contributed by atoms with E-state index < -0.39 is 0 Å². The molecule has 4 heterocycles. The number of nitrogens with one attached hydrogen (secondary N) is 1. The van der Waals surface area contributed by atoms with E-state index in [2.05, 4.69) is 26.3 Å². The molecular weight excluding hydrogens is 398 g/mol. The number of nitrogens with zero attached hydrogens (tertiary/aromatic N) is 4. The fourth-order valence-corrected chi connectivity index (χ4v) is 3.58. The maximum Gasteiger partial charge on any atom is 0.274 e. The van der Waals surface area contributed by atoms with Crippen molar-refractivity contribution in [2.24, 2.45) is 0 Å². The first-order valence-corrected chi connectivity index (χ1v) is 9.27. The summed E-state index contributed by atoms with van der Waals surface area (Å²) in [5, 5.41) is 7.21. The minimum Gasteiger partial charge on any atom is -0.351 e. The van der Waals surface area contributed by atoms with Gasteiger partial charge in [-0.3, -0.25) is 9.59 Å². The molecule has 3 aromatic heterocycles. The van der Waals surface area contributed by atoms with E-state index in [-0.39, 0.29) is 11.8 Å². The van der Waals surface area contributed by atoms with E-state index in [1.165, 1.54) is 0 Å². The summed E-state index contributed by atoms with van der Waals surface area (Å²) in [5.74, 6) is -0.179. The van der Waals surface area contributed by atoms with Gasteiger partial charge in [0.15, 0.2) is 5.69 Å². The molecule has 0 bridgehead atoms. The lowest BCUT2D eigenvalue weighted by Crippen LogP contribution is -2.39. The quantitative estimate of drug-likeness (QED) is 0.713. The summed E-state index contributed by atoms with van der Waals surface area (Å²) in [5.41, 5.74) is 2.89. The van der Waals surface area contributed by atoms with Crippen LogP contribution in [0.1, 0.15) is 33.6 Å². The zero-order valence-corrected chi connectivity index (χ0v) is 15.9. The predicted octanol–water partition coefficient (Wildman–Crippen LogP) is 2.30. The zero-order chi connectivity index (χ0) is 18.3. The molecule has 0 unspecified atom stereocenters. The molecule has 1 N–H and O–H groups in total. The fraction of sp³-hybridized carbons (Fsp3) is 0.278. The van der Waals surface area contributed by atoms with Crippen LogP contribution in [0.3, 0.4) is 0 Å². The van der Waals surface area contributed by atoms with Crippen molar-refractivity contribution in [3.05, 3.63) is 58.1 Å². The van der Waals surface area contributed by atoms with Crippen LogP contribution in [-0.2, 0) is 13.1 Å². The third kappa shape index (κ3) is 2.90. The molecule has 8 heteroatoms. The summed E-state index contributed by atoms with van der Waals surface area (Å²) in [6, 6.07) is 9.35. The van der Waals surface area contributed by atoms with Crippen LogP contribution in [0.5, 0.6) is 0 Å². The Balaban J connectivity index is 1.56. The van der Waals surface area contributed by atoms with Gasteiger partial charge in [0.2, 0.25) is 0 Å². The van der Waals surface area contributed by atoms with Crippen molar-refractivity contribution in [3.8, 4) is 0 Å². The summed E-state index contributed by atoms with van der Waals surface area (Å²) in [7, 11) is 0. The lowest BCUT2D eigenvalue weighted by atomic mass is 10.2. The number of amides is 2. The van der Waals surface area contributed by atoms with Gasteiger partial charge in [0.25, 0.3) is 11.8 Å². The molecule has 2 amide bonds. The van der Waals surface area contributed by atoms with E-state index in [1.807, 2.05) is 42.0 Å². The van der Waals surface area contributed by atoms with Gasteiger partial charge in [-0.1, -0.05) is 0 Å². The van der Waals surface area contributed by atoms with Crippen LogP contribution in [0.15, 0.2) is 41.0 Å². The van der Waals surface area contributed by atoms with Crippen LogP contribution in [0.2, 0.25) is 0 Å². The van der Waals surface area contributed by atoms with Gasteiger partial charge < -0.3 is 14.8 Å². The van der Waals surface area contributed by atoms with Gasteiger partial charge in [0, 0.05) is 36.0 Å². The van der Waals surface area contributed by atoms with Crippen molar-refractivity contribution in [3.63, 3.8) is 0 Å². The van der Waals surface area contributed by atoms with Crippen LogP contribution in [0, 0.1) is 0 Å². The monoisotopic (exact) mass is 415 g/mol. The summed E-state index contributed by atoms with van der Waals surface area (Å²) in [6.07, 6.45) is 1.83. The van der Waals surface area contributed by atoms with Gasteiger partial charge in [-0.2, -0.15) is 5.10 Å². The number of hydrogen-bond donors (Lipinski definition) is 1. The summed E-state index contributed by atoms with van der Waals surface area (Å²) in [4.78, 5) is 26.7. The Morgan fingerprint density at radius 3 is 2.88 bits per heavy atom. The van der Waals surface area contributed by atoms with Gasteiger partial charge in [-0.25, -0.2) is 4.52 Å². The molecule has 0 radical (unpaired) electrons. The van der Waals surface area contributed by atoms with E-state index in [0.29, 0.717) is 37.6 Å². The van der Waals surface area contributed by atoms with E-state index >= 15 is 0 Å². The average Bonchev–Trinajstić information content (AvgIpc) is 3.24. The van der Waals surface area contributed by atoms with Gasteiger partial charge in [0.05, 0.1) is 12.1 Å². The maximum atomic E-state index is 12.9. The third-order valence-corrected chi connectivity index (χ3v) is 4.99. The van der Waals surface area contributed by atoms with Crippen LogP contribution < -0.4 is 5.32 Å². The number of fused-ring (bicyclic) bond motifs is 2. The number of halogens is 1. The third-order valence-electron chi connectivity index (χ3n) is 4.52. The Labute approximate surface area is 158 Å². The molecule has 26 heavy (non-hydrogen) atoms. The molecule has 3 aromatic rings. The molecule has 0 aromatic carbocycles. The van der Waals surface area contributed by atoms with Gasteiger partial charge in [-0.05, 0) is 53.2 Å². The zero-order valence-electron chi connectivity index (χ0n) is 14.3. The Bertz CT molecular complexity index is 1010. The summed E-state index contributed by atoms with van der Waals surface area (Å²) < 4.78 is 4.58. The highest BCUT2D eigenvalue weighted by atomic mass is 79.9. The molecule has 0 saturated carbocycles. The average molecular weight is 416 g/mol. The Morgan fingerprint density at radius 2 is 2.08 bits per heavy atom. The molecule has 1 aliphatic rings. The fourth-order valence-electron chi connectivity index (χ4n) is 3.26. The minimum absolute atomic E-state index is 0.0792. The van der Waals surface area contributed by atoms with Gasteiger partial charge in [0.1, 0.15) is 5.69 Å². The first-order valence-electron chi connectivity index (χ1n) is 8.47. The Kier molecular flexibility index (Phi) is 4.28. The van der Waals surface area contributed by atoms with Crippen molar-refractivity contribution in [2.45, 2.75) is 20.0 Å². The van der Waals surface area contributed by atoms with E-state index in [1.54, 1.807) is 15.5 Å². The maximum absolute atomic E-state index is 12.9. The Hall–Kier alpha value is -2.61. The lowest BCUT2D eigenvalue weighted by Gasteiger charge is -2.29. The van der Waals surface area contributed by atoms with Crippen LogP contribution in [0.25, 0.3) is 5.52 Å². The van der Waals surface area contributed by atoms with E-state index in [0.717, 1.165) is 15.7 Å². The molecule has 0 saturated heterocycles. The first-order chi connectivity index (χ1) is 12.6. The second-order valence-electron chi connectivity index (χ2n) is 6.19. The Morgan fingerprint density at radius 1 is 1.23 bits per heavy atom. The topological polar surface area (TPSA) is 71.6 Å². The smallest absolute Gasteiger partial charge is 0.274 e. The molecule has 1 aliphatic heterocycles. The van der Waals surface area contributed by atoms with Crippen molar-refractivity contribution < 1.29 is 9.59 Å². The highest BCUT2D eigenvalue weighted by molar-refractivity contribution is 9.10. The molecular formula is C18H18BrN5O2. The SMILES string of the molecule is CCNC(=O)c1ccc2n1CCN(C(=O)c1cc3ccc(Br)cn3n1)C2. The van der Waals surface area contributed by atoms with E-state index in [4.69, 9.17) is 0 Å². The number of pyridine rings is 1. The molecule has 0 spiro atoms. The molecule has 7 nitrogen and oxygen atoms in total. The number of aromatic nitrogens is 3. The largest absolute Gasteiger partial charge is 0.351 e. The molecule has 0 aliphatic carbocycles. The number of carbonyl (C=O) groups excluding carboxylic acids is 2. The lowest BCUT2D eigenvalue weighted by molar-refractivity contribution is 0.0703. The van der Waals surface area contributed by atoms with Crippen LogP contribution >= 0.6 is 15.9 Å². The normalized spacial score (nSPS) is 13.7. The highest BCUT2D eigenvalue weighted by Gasteiger charge is 2.26. The van der Waals surface area contributed by atoms with Crippen LogP contribution in [-0.4, -0.2) is 44.0 Å². The molecule has 0 atom stereocenters. The van der Waals surface area contributed by atoms with Gasteiger partial charge >= 0.3 is 0 Å². The second kappa shape index (κ2) is 6.60. The highest BCUT2D eigenvalue weighted by Crippen LogP contribution is 2.20. The van der Waals surface area contributed by atoms with Crippen molar-refractivity contribution >= 4 is 33.3 Å². The molecule has 134 valence electrons. The number of rotatable bonds is 3. The molecule has 4 rings (SSSR count). The predicted molar refractivity (Wildman–Crippen MR) is 100 cm³/mol. The van der Waals surface area contributed by atoms with Crippen molar-refractivity contribution in [2.75, 3.05) is 13.1 Å². The second-order valence-corrected chi connectivity index (χ2v) is 7.11. The summed E-state index contributed by atoms with van der Waals surface area (Å²) in [6.45, 7) is 4.10. The number of carbonyl (C=O) groups is 2. The van der Waals surface area contributed by atoms with Crippen molar-refractivity contribution in [1.82, 2.24) is 24.4 Å². The van der Waals surface area contributed by atoms with Gasteiger partial charge in [-0.15, -0.1) is 0 Å². The first kappa shape index (κ1) is 16.8. The van der Waals surface area contributed by atoms with Crippen molar-refractivity contribution in [1.29, 1.82) is 0 Å². The minimum atomic E-state index is -0.100. The summed E-state index contributed by atoms with van der Waals surface area (Å²) >= 11 is 3.41. The standard InChI is InChI=1S/C18H18BrN5O2/c1-2-20-17(25)16-6-5-14-11-22(7-8-23(14)16)18(26)15-9-13-4-3-12(19)10-24(13)21-15/h3-6,9-10H,2,7-8,11H2,1H3,(H,20,25). The molecule has 0 fully saturated rings. The number of hydrogen-bond acceptors (Lipinski definition) is 3. The van der Waals surface area contributed by atoms with E-state index in [9.17, 15) is 9.59 Å².